The van der Waals surface area contributed by atoms with Gasteiger partial charge in [-0.1, -0.05) is 12.1 Å². The van der Waals surface area contributed by atoms with E-state index >= 15 is 0 Å². The van der Waals surface area contributed by atoms with Gasteiger partial charge in [0.25, 0.3) is 0 Å². The van der Waals surface area contributed by atoms with Gasteiger partial charge in [0.1, 0.15) is 5.01 Å². The predicted octanol–water partition coefficient (Wildman–Crippen LogP) is 2.28. The summed E-state index contributed by atoms with van der Waals surface area (Å²) in [7, 11) is -3.20. The number of benzene rings is 1. The number of thiazole rings is 1. The van der Waals surface area contributed by atoms with Crippen molar-refractivity contribution in [2.75, 3.05) is 6.26 Å². The molecule has 24 heavy (non-hydrogen) atoms. The molecule has 2 aromatic rings. The normalized spacial score (nSPS) is 14.2. The molecule has 1 N–H and O–H groups in total. The van der Waals surface area contributed by atoms with Crippen LogP contribution in [0, 0.1) is 0 Å². The molecule has 1 aliphatic carbocycles. The maximum absolute atomic E-state index is 12.1. The molecular weight excluding hydrogens is 344 g/mol. The number of nitrogens with one attached hydrogen (secondary N) is 1. The van der Waals surface area contributed by atoms with Crippen molar-refractivity contribution in [3.63, 3.8) is 0 Å². The molecule has 1 amide bonds. The van der Waals surface area contributed by atoms with Crippen LogP contribution in [0.4, 0.5) is 0 Å². The third-order valence-electron chi connectivity index (χ3n) is 4.04. The first-order valence-electron chi connectivity index (χ1n) is 7.95. The molecule has 0 fully saturated rings. The summed E-state index contributed by atoms with van der Waals surface area (Å²) < 4.78 is 22.8. The number of hydrogen-bond acceptors (Lipinski definition) is 5. The number of sulfone groups is 1. The van der Waals surface area contributed by atoms with Crippen molar-refractivity contribution in [2.24, 2.45) is 0 Å². The van der Waals surface area contributed by atoms with Crippen molar-refractivity contribution in [2.45, 2.75) is 43.5 Å². The second-order valence-corrected chi connectivity index (χ2v) is 9.24. The first-order valence-corrected chi connectivity index (χ1v) is 10.7. The number of rotatable bonds is 5. The average Bonchev–Trinajstić information content (AvgIpc) is 2.95. The van der Waals surface area contributed by atoms with Crippen molar-refractivity contribution in [3.05, 3.63) is 45.4 Å². The van der Waals surface area contributed by atoms with Crippen LogP contribution in [-0.2, 0) is 40.4 Å². The zero-order chi connectivity index (χ0) is 17.2. The van der Waals surface area contributed by atoms with Crippen LogP contribution in [-0.4, -0.2) is 25.6 Å². The van der Waals surface area contributed by atoms with E-state index in [-0.39, 0.29) is 17.2 Å². The minimum atomic E-state index is -3.20. The van der Waals surface area contributed by atoms with Crippen LogP contribution < -0.4 is 5.32 Å². The van der Waals surface area contributed by atoms with Gasteiger partial charge in [0.15, 0.2) is 9.84 Å². The van der Waals surface area contributed by atoms with Crippen LogP contribution in [0.1, 0.15) is 34.0 Å². The summed E-state index contributed by atoms with van der Waals surface area (Å²) in [5, 5.41) is 3.85. The Hall–Kier alpha value is -1.73. The fourth-order valence-electron chi connectivity index (χ4n) is 2.76. The number of amides is 1. The molecule has 7 heteroatoms. The van der Waals surface area contributed by atoms with Crippen LogP contribution in [0.5, 0.6) is 0 Å². The highest BCUT2D eigenvalue weighted by Crippen LogP contribution is 2.26. The Labute approximate surface area is 146 Å². The summed E-state index contributed by atoms with van der Waals surface area (Å²) in [6.07, 6.45) is 5.98. The van der Waals surface area contributed by atoms with E-state index in [4.69, 9.17) is 0 Å². The molecule has 0 radical (unpaired) electrons. The van der Waals surface area contributed by atoms with Crippen molar-refractivity contribution in [1.82, 2.24) is 10.3 Å². The molecule has 3 rings (SSSR count). The predicted molar refractivity (Wildman–Crippen MR) is 93.9 cm³/mol. The lowest BCUT2D eigenvalue weighted by molar-refractivity contribution is -0.120. The first kappa shape index (κ1) is 17.1. The molecule has 1 heterocycles. The monoisotopic (exact) mass is 364 g/mol. The van der Waals surface area contributed by atoms with Crippen LogP contribution in [0.2, 0.25) is 0 Å². The zero-order valence-corrected chi connectivity index (χ0v) is 15.2. The Morgan fingerprint density at radius 1 is 1.21 bits per heavy atom. The molecule has 0 aliphatic heterocycles. The minimum absolute atomic E-state index is 0.0877. The van der Waals surface area contributed by atoms with Gasteiger partial charge in [0.05, 0.1) is 23.6 Å². The topological polar surface area (TPSA) is 76.1 Å². The number of fused-ring (bicyclic) bond motifs is 1. The Balaban J connectivity index is 1.55. The highest BCUT2D eigenvalue weighted by atomic mass is 32.2. The van der Waals surface area contributed by atoms with Crippen LogP contribution in [0.3, 0.4) is 0 Å². The summed E-state index contributed by atoms with van der Waals surface area (Å²) >= 11 is 1.70. The summed E-state index contributed by atoms with van der Waals surface area (Å²) in [5.41, 5.74) is 1.99. The van der Waals surface area contributed by atoms with E-state index in [1.165, 1.54) is 41.8 Å². The number of hydrogen-bond donors (Lipinski definition) is 1. The summed E-state index contributed by atoms with van der Waals surface area (Å²) in [6.45, 7) is 0.456. The summed E-state index contributed by atoms with van der Waals surface area (Å²) in [6, 6.07) is 6.43. The lowest BCUT2D eigenvalue weighted by atomic mass is 10.0. The molecule has 0 spiro atoms. The van der Waals surface area contributed by atoms with E-state index < -0.39 is 9.84 Å². The summed E-state index contributed by atoms with van der Waals surface area (Å²) in [5.74, 6) is -0.0877. The van der Waals surface area contributed by atoms with E-state index in [0.717, 1.165) is 23.4 Å². The van der Waals surface area contributed by atoms with E-state index in [9.17, 15) is 13.2 Å². The van der Waals surface area contributed by atoms with Gasteiger partial charge >= 0.3 is 0 Å². The molecular formula is C17H20N2O3S2. The van der Waals surface area contributed by atoms with Crippen LogP contribution >= 0.6 is 11.3 Å². The number of carbonyl (C=O) groups is 1. The highest BCUT2D eigenvalue weighted by molar-refractivity contribution is 7.90. The SMILES string of the molecule is CS(=O)(=O)c1ccc(CC(=O)NCc2nc3c(s2)CCCC3)cc1. The van der Waals surface area contributed by atoms with Gasteiger partial charge in [0, 0.05) is 11.1 Å². The second kappa shape index (κ2) is 7.03. The van der Waals surface area contributed by atoms with Gasteiger partial charge in [-0.2, -0.15) is 0 Å². The maximum Gasteiger partial charge on any atom is 0.224 e. The van der Waals surface area contributed by atoms with Crippen LogP contribution in [0.15, 0.2) is 29.2 Å². The van der Waals surface area contributed by atoms with Gasteiger partial charge in [-0.25, -0.2) is 13.4 Å². The smallest absolute Gasteiger partial charge is 0.224 e. The Morgan fingerprint density at radius 3 is 2.58 bits per heavy atom. The van der Waals surface area contributed by atoms with Crippen LogP contribution in [0.25, 0.3) is 0 Å². The van der Waals surface area contributed by atoms with Gasteiger partial charge in [-0.3, -0.25) is 4.79 Å². The molecule has 0 saturated heterocycles. The van der Waals surface area contributed by atoms with E-state index in [0.29, 0.717) is 6.54 Å². The summed E-state index contributed by atoms with van der Waals surface area (Å²) in [4.78, 5) is 18.3. The highest BCUT2D eigenvalue weighted by Gasteiger charge is 2.15. The Bertz CT molecular complexity index is 816. The molecule has 0 atom stereocenters. The number of carbonyl (C=O) groups excluding carboxylic acids is 1. The fourth-order valence-corrected chi connectivity index (χ4v) is 4.48. The number of nitrogens with zero attached hydrogens (tertiary/aromatic N) is 1. The molecule has 1 aliphatic rings. The average molecular weight is 364 g/mol. The number of aryl methyl sites for hydroxylation is 2. The Morgan fingerprint density at radius 2 is 1.92 bits per heavy atom. The zero-order valence-electron chi connectivity index (χ0n) is 13.5. The molecule has 128 valence electrons. The maximum atomic E-state index is 12.1. The largest absolute Gasteiger partial charge is 0.349 e. The van der Waals surface area contributed by atoms with Crippen molar-refractivity contribution in [3.8, 4) is 0 Å². The first-order chi connectivity index (χ1) is 11.4. The lowest BCUT2D eigenvalue weighted by Crippen LogP contribution is -2.24. The second-order valence-electron chi connectivity index (χ2n) is 6.05. The minimum Gasteiger partial charge on any atom is -0.349 e. The van der Waals surface area contributed by atoms with Gasteiger partial charge < -0.3 is 5.32 Å². The molecule has 0 bridgehead atoms. The Kier molecular flexibility index (Phi) is 5.01. The van der Waals surface area contributed by atoms with E-state index in [2.05, 4.69) is 10.3 Å². The third kappa shape index (κ3) is 4.21. The molecule has 1 aromatic heterocycles. The molecule has 5 nitrogen and oxygen atoms in total. The van der Waals surface area contributed by atoms with E-state index in [1.54, 1.807) is 23.5 Å². The quantitative estimate of drug-likeness (QED) is 0.883. The van der Waals surface area contributed by atoms with Gasteiger partial charge in [-0.15, -0.1) is 11.3 Å². The van der Waals surface area contributed by atoms with Crippen molar-refractivity contribution >= 4 is 27.1 Å². The number of aromatic nitrogens is 1. The van der Waals surface area contributed by atoms with Crippen molar-refractivity contribution < 1.29 is 13.2 Å². The third-order valence-corrected chi connectivity index (χ3v) is 6.33. The standard InChI is InChI=1S/C17H20N2O3S2/c1-24(21,22)13-8-6-12(7-9-13)10-16(20)18-11-17-19-14-4-2-3-5-15(14)23-17/h6-9H,2-5,10-11H2,1H3,(H,18,20). The molecule has 0 unspecified atom stereocenters. The van der Waals surface area contributed by atoms with Gasteiger partial charge in [0.2, 0.25) is 5.91 Å². The van der Waals surface area contributed by atoms with Gasteiger partial charge in [-0.05, 0) is 43.4 Å². The molecule has 1 aromatic carbocycles. The van der Waals surface area contributed by atoms with Crippen molar-refractivity contribution in [1.29, 1.82) is 0 Å². The van der Waals surface area contributed by atoms with E-state index in [1.807, 2.05) is 0 Å². The fraction of sp³-hybridized carbons (Fsp3) is 0.412. The lowest BCUT2D eigenvalue weighted by Gasteiger charge is -2.06. The molecule has 0 saturated carbocycles.